The molecule has 19 heavy (non-hydrogen) atoms. The number of thiophene rings is 1. The Bertz CT molecular complexity index is 523. The van der Waals surface area contributed by atoms with Crippen LogP contribution in [-0.2, 0) is 11.3 Å². The van der Waals surface area contributed by atoms with E-state index in [2.05, 4.69) is 0 Å². The van der Waals surface area contributed by atoms with Gasteiger partial charge in [-0.05, 0) is 46.7 Å². The summed E-state index contributed by atoms with van der Waals surface area (Å²) in [4.78, 5) is 13.5. The minimum atomic E-state index is -0.0528. The van der Waals surface area contributed by atoms with Gasteiger partial charge in [-0.3, -0.25) is 4.79 Å². The average Bonchev–Trinajstić information content (AvgIpc) is 2.90. The van der Waals surface area contributed by atoms with E-state index in [-0.39, 0.29) is 12.5 Å². The molecule has 1 amide bonds. The van der Waals surface area contributed by atoms with Crippen LogP contribution in [0.3, 0.4) is 0 Å². The molecule has 2 aromatic rings. The van der Waals surface area contributed by atoms with Crippen LogP contribution in [0.5, 0.6) is 5.75 Å². The third-order valence-corrected chi connectivity index (χ3v) is 3.40. The summed E-state index contributed by atoms with van der Waals surface area (Å²) in [6.45, 7) is 0.637. The lowest BCUT2D eigenvalue weighted by Crippen LogP contribution is -2.30. The van der Waals surface area contributed by atoms with Crippen LogP contribution in [0.25, 0.3) is 0 Å². The van der Waals surface area contributed by atoms with Crippen LogP contribution in [-0.4, -0.2) is 24.5 Å². The Morgan fingerprint density at radius 3 is 2.68 bits per heavy atom. The number of carbonyl (C=O) groups excluding carboxylic acids is 1. The Hall–Kier alpha value is -2.01. The van der Waals surface area contributed by atoms with Crippen molar-refractivity contribution in [2.24, 2.45) is 0 Å². The van der Waals surface area contributed by atoms with Gasteiger partial charge in [0.2, 0.25) is 0 Å². The summed E-state index contributed by atoms with van der Waals surface area (Å²) < 4.78 is 5.42. The lowest BCUT2D eigenvalue weighted by molar-refractivity contribution is -0.132. The molecule has 0 saturated heterocycles. The maximum atomic E-state index is 11.9. The Morgan fingerprint density at radius 2 is 2.05 bits per heavy atom. The van der Waals surface area contributed by atoms with Crippen molar-refractivity contribution in [3.8, 4) is 5.75 Å². The van der Waals surface area contributed by atoms with E-state index >= 15 is 0 Å². The molecule has 0 atom stereocenters. The predicted octanol–water partition coefficient (Wildman–Crippen LogP) is 2.37. The van der Waals surface area contributed by atoms with Gasteiger partial charge in [0, 0.05) is 19.3 Å². The van der Waals surface area contributed by atoms with Crippen LogP contribution in [0.4, 0.5) is 5.69 Å². The minimum absolute atomic E-state index is 0.0323. The number of ether oxygens (including phenoxy) is 1. The maximum Gasteiger partial charge on any atom is 0.260 e. The number of anilines is 1. The second-order valence-corrected chi connectivity index (χ2v) is 5.02. The highest BCUT2D eigenvalue weighted by molar-refractivity contribution is 7.07. The van der Waals surface area contributed by atoms with Crippen molar-refractivity contribution in [3.63, 3.8) is 0 Å². The van der Waals surface area contributed by atoms with Crippen molar-refractivity contribution in [2.75, 3.05) is 19.4 Å². The fourth-order valence-corrected chi connectivity index (χ4v) is 2.22. The number of rotatable bonds is 5. The molecule has 5 heteroatoms. The zero-order chi connectivity index (χ0) is 13.7. The molecule has 0 spiro atoms. The average molecular weight is 276 g/mol. The van der Waals surface area contributed by atoms with E-state index in [0.717, 1.165) is 5.56 Å². The quantitative estimate of drug-likeness (QED) is 0.853. The van der Waals surface area contributed by atoms with E-state index in [1.165, 1.54) is 0 Å². The van der Waals surface area contributed by atoms with Crippen molar-refractivity contribution in [3.05, 3.63) is 46.7 Å². The third kappa shape index (κ3) is 3.99. The molecule has 0 fully saturated rings. The number of nitrogens with two attached hydrogens (primary N) is 1. The van der Waals surface area contributed by atoms with E-state index in [0.29, 0.717) is 18.0 Å². The molecule has 0 saturated carbocycles. The number of nitrogens with zero attached hydrogens (tertiary/aromatic N) is 1. The van der Waals surface area contributed by atoms with Crippen molar-refractivity contribution in [1.29, 1.82) is 0 Å². The minimum Gasteiger partial charge on any atom is -0.484 e. The monoisotopic (exact) mass is 276 g/mol. The molecule has 1 aromatic carbocycles. The molecule has 1 heterocycles. The van der Waals surface area contributed by atoms with Gasteiger partial charge in [0.25, 0.3) is 5.91 Å². The van der Waals surface area contributed by atoms with E-state index in [1.54, 1.807) is 47.5 Å². The first-order valence-electron chi connectivity index (χ1n) is 5.88. The summed E-state index contributed by atoms with van der Waals surface area (Å²) in [7, 11) is 1.77. The standard InChI is InChI=1S/C14H16N2O2S/c1-16(8-11-6-7-19-10-11)14(17)9-18-13-4-2-12(15)3-5-13/h2-7,10H,8-9,15H2,1H3. The largest absolute Gasteiger partial charge is 0.484 e. The predicted molar refractivity (Wildman–Crippen MR) is 77.1 cm³/mol. The zero-order valence-corrected chi connectivity index (χ0v) is 11.5. The first-order valence-corrected chi connectivity index (χ1v) is 6.83. The second-order valence-electron chi connectivity index (χ2n) is 4.24. The summed E-state index contributed by atoms with van der Waals surface area (Å²) in [5.41, 5.74) is 7.38. The Balaban J connectivity index is 1.82. The molecular weight excluding hydrogens is 260 g/mol. The van der Waals surface area contributed by atoms with Gasteiger partial charge in [-0.2, -0.15) is 11.3 Å². The molecule has 0 radical (unpaired) electrons. The molecule has 1 aromatic heterocycles. The Labute approximate surface area is 116 Å². The number of hydrogen-bond acceptors (Lipinski definition) is 4. The van der Waals surface area contributed by atoms with Gasteiger partial charge in [-0.25, -0.2) is 0 Å². The highest BCUT2D eigenvalue weighted by Crippen LogP contribution is 2.13. The number of hydrogen-bond donors (Lipinski definition) is 1. The molecule has 0 aliphatic carbocycles. The van der Waals surface area contributed by atoms with E-state index in [9.17, 15) is 4.79 Å². The SMILES string of the molecule is CN(Cc1ccsc1)C(=O)COc1ccc(N)cc1. The molecular formula is C14H16N2O2S. The summed E-state index contributed by atoms with van der Waals surface area (Å²) in [6.07, 6.45) is 0. The highest BCUT2D eigenvalue weighted by Gasteiger charge is 2.10. The van der Waals surface area contributed by atoms with Crippen LogP contribution < -0.4 is 10.5 Å². The fraction of sp³-hybridized carbons (Fsp3) is 0.214. The van der Waals surface area contributed by atoms with Crippen molar-refractivity contribution >= 4 is 22.9 Å². The van der Waals surface area contributed by atoms with E-state index in [1.807, 2.05) is 16.8 Å². The highest BCUT2D eigenvalue weighted by atomic mass is 32.1. The molecule has 2 N–H and O–H groups in total. The second kappa shape index (κ2) is 6.24. The number of nitrogen functional groups attached to an aromatic ring is 1. The van der Waals surface area contributed by atoms with Crippen LogP contribution >= 0.6 is 11.3 Å². The number of likely N-dealkylation sites (N-methyl/N-ethyl adjacent to an activating group) is 1. The maximum absolute atomic E-state index is 11.9. The summed E-state index contributed by atoms with van der Waals surface area (Å²) in [6, 6.07) is 9.00. The fourth-order valence-electron chi connectivity index (χ4n) is 1.56. The zero-order valence-electron chi connectivity index (χ0n) is 10.7. The number of benzene rings is 1. The van der Waals surface area contributed by atoms with Gasteiger partial charge in [-0.15, -0.1) is 0 Å². The van der Waals surface area contributed by atoms with E-state index < -0.39 is 0 Å². The Morgan fingerprint density at radius 1 is 1.32 bits per heavy atom. The lowest BCUT2D eigenvalue weighted by atomic mass is 10.3. The first kappa shape index (κ1) is 13.4. The first-order chi connectivity index (χ1) is 9.15. The molecule has 0 aliphatic heterocycles. The van der Waals surface area contributed by atoms with Gasteiger partial charge in [0.05, 0.1) is 0 Å². The number of amides is 1. The van der Waals surface area contributed by atoms with E-state index in [4.69, 9.17) is 10.5 Å². The number of carbonyl (C=O) groups is 1. The third-order valence-electron chi connectivity index (χ3n) is 2.67. The van der Waals surface area contributed by atoms with Crippen molar-refractivity contribution < 1.29 is 9.53 Å². The summed E-state index contributed by atoms with van der Waals surface area (Å²) >= 11 is 1.62. The molecule has 100 valence electrons. The van der Waals surface area contributed by atoms with Gasteiger partial charge in [-0.1, -0.05) is 0 Å². The molecule has 4 nitrogen and oxygen atoms in total. The van der Waals surface area contributed by atoms with Gasteiger partial charge in [0.1, 0.15) is 5.75 Å². The summed E-state index contributed by atoms with van der Waals surface area (Å²) in [5, 5.41) is 4.03. The van der Waals surface area contributed by atoms with Gasteiger partial charge >= 0.3 is 0 Å². The lowest BCUT2D eigenvalue weighted by Gasteiger charge is -2.16. The van der Waals surface area contributed by atoms with Crippen LogP contribution in [0.2, 0.25) is 0 Å². The molecule has 2 rings (SSSR count). The molecule has 0 unspecified atom stereocenters. The normalized spacial score (nSPS) is 10.2. The Kier molecular flexibility index (Phi) is 4.41. The molecule has 0 bridgehead atoms. The van der Waals surface area contributed by atoms with Gasteiger partial charge in [0.15, 0.2) is 6.61 Å². The topological polar surface area (TPSA) is 55.6 Å². The van der Waals surface area contributed by atoms with Crippen molar-refractivity contribution in [2.45, 2.75) is 6.54 Å². The smallest absolute Gasteiger partial charge is 0.260 e. The van der Waals surface area contributed by atoms with Crippen LogP contribution in [0.15, 0.2) is 41.1 Å². The van der Waals surface area contributed by atoms with Gasteiger partial charge < -0.3 is 15.4 Å². The molecule has 0 aliphatic rings. The summed E-state index contributed by atoms with van der Waals surface area (Å²) in [5.74, 6) is 0.592. The van der Waals surface area contributed by atoms with Crippen LogP contribution in [0.1, 0.15) is 5.56 Å². The van der Waals surface area contributed by atoms with Crippen LogP contribution in [0, 0.1) is 0 Å². The van der Waals surface area contributed by atoms with Crippen molar-refractivity contribution in [1.82, 2.24) is 4.90 Å².